The minimum absolute atomic E-state index is 0.458. The average Bonchev–Trinajstić information content (AvgIpc) is 2.41. The van der Waals surface area contributed by atoms with Crippen molar-refractivity contribution in [1.82, 2.24) is 9.36 Å². The van der Waals surface area contributed by atoms with Crippen LogP contribution < -0.4 is 5.32 Å². The summed E-state index contributed by atoms with van der Waals surface area (Å²) in [4.78, 5) is 4.25. The topological polar surface area (TPSA) is 37.8 Å². The number of rotatable bonds is 2. The molecule has 0 saturated heterocycles. The first kappa shape index (κ1) is 7.98. The summed E-state index contributed by atoms with van der Waals surface area (Å²) >= 11 is 1.45. The predicted molar refractivity (Wildman–Crippen MR) is 50.5 cm³/mol. The van der Waals surface area contributed by atoms with E-state index in [4.69, 9.17) is 0 Å². The molecule has 1 saturated carbocycles. The van der Waals surface area contributed by atoms with Gasteiger partial charge in [0.2, 0.25) is 5.13 Å². The zero-order valence-corrected chi connectivity index (χ0v) is 8.40. The van der Waals surface area contributed by atoms with Crippen molar-refractivity contribution in [3.8, 4) is 0 Å². The lowest BCUT2D eigenvalue weighted by Crippen LogP contribution is -2.07. The first-order chi connectivity index (χ1) is 5.58. The summed E-state index contributed by atoms with van der Waals surface area (Å²) < 4.78 is 4.11. The van der Waals surface area contributed by atoms with Gasteiger partial charge in [0, 0.05) is 17.6 Å². The van der Waals surface area contributed by atoms with Crippen LogP contribution in [0.4, 0.5) is 5.13 Å². The summed E-state index contributed by atoms with van der Waals surface area (Å²) in [7, 11) is 0. The van der Waals surface area contributed by atoms with Crippen LogP contribution in [0.1, 0.15) is 26.1 Å². The van der Waals surface area contributed by atoms with Crippen LogP contribution in [-0.2, 0) is 0 Å². The molecule has 1 unspecified atom stereocenters. The highest BCUT2D eigenvalue weighted by Gasteiger charge is 2.46. The van der Waals surface area contributed by atoms with Gasteiger partial charge in [-0.05, 0) is 18.8 Å². The van der Waals surface area contributed by atoms with Crippen molar-refractivity contribution >= 4 is 16.7 Å². The van der Waals surface area contributed by atoms with Crippen LogP contribution in [0.25, 0.3) is 0 Å². The number of hydrogen-bond donors (Lipinski definition) is 1. The molecule has 66 valence electrons. The molecule has 1 aliphatic rings. The van der Waals surface area contributed by atoms with Gasteiger partial charge in [-0.25, -0.2) is 4.98 Å². The number of hydrogen-bond acceptors (Lipinski definition) is 4. The second-order valence-corrected chi connectivity index (χ2v) is 4.79. The van der Waals surface area contributed by atoms with Crippen LogP contribution in [0.5, 0.6) is 0 Å². The van der Waals surface area contributed by atoms with Gasteiger partial charge in [-0.1, -0.05) is 13.8 Å². The van der Waals surface area contributed by atoms with E-state index in [0.717, 1.165) is 11.0 Å². The molecule has 12 heavy (non-hydrogen) atoms. The smallest absolute Gasteiger partial charge is 0.202 e. The molecule has 0 aliphatic heterocycles. The van der Waals surface area contributed by atoms with Crippen molar-refractivity contribution in [2.24, 2.45) is 5.41 Å². The van der Waals surface area contributed by atoms with Gasteiger partial charge in [-0.15, -0.1) is 0 Å². The summed E-state index contributed by atoms with van der Waals surface area (Å²) in [6.45, 7) is 6.44. The van der Waals surface area contributed by atoms with Crippen molar-refractivity contribution in [1.29, 1.82) is 0 Å². The second kappa shape index (κ2) is 2.42. The fraction of sp³-hybridized carbons (Fsp3) is 0.750. The molecule has 2 rings (SSSR count). The molecule has 1 atom stereocenters. The van der Waals surface area contributed by atoms with Gasteiger partial charge < -0.3 is 5.32 Å². The van der Waals surface area contributed by atoms with Gasteiger partial charge in [0.05, 0.1) is 0 Å². The highest BCUT2D eigenvalue weighted by atomic mass is 32.1. The molecule has 1 aliphatic carbocycles. The maximum atomic E-state index is 4.25. The molecule has 1 heterocycles. The molecule has 4 heteroatoms. The summed E-state index contributed by atoms with van der Waals surface area (Å²) in [5, 5.41) is 4.33. The highest BCUT2D eigenvalue weighted by molar-refractivity contribution is 7.09. The lowest BCUT2D eigenvalue weighted by atomic mass is 10.2. The lowest BCUT2D eigenvalue weighted by molar-refractivity contribution is 0.630. The van der Waals surface area contributed by atoms with E-state index >= 15 is 0 Å². The highest BCUT2D eigenvalue weighted by Crippen LogP contribution is 2.46. The minimum atomic E-state index is 0.458. The van der Waals surface area contributed by atoms with Crippen LogP contribution >= 0.6 is 11.5 Å². The Labute approximate surface area is 76.4 Å². The molecule has 3 nitrogen and oxygen atoms in total. The van der Waals surface area contributed by atoms with Gasteiger partial charge >= 0.3 is 0 Å². The number of nitrogens with zero attached hydrogens (tertiary/aromatic N) is 2. The normalized spacial score (nSPS) is 25.4. The Morgan fingerprint density at radius 3 is 2.67 bits per heavy atom. The molecule has 1 aromatic rings. The SMILES string of the molecule is Cc1nsc(NC2CC2(C)C)n1. The van der Waals surface area contributed by atoms with Crippen molar-refractivity contribution < 1.29 is 0 Å². The second-order valence-electron chi connectivity index (χ2n) is 4.04. The monoisotopic (exact) mass is 183 g/mol. The molecule has 1 fully saturated rings. The van der Waals surface area contributed by atoms with E-state index in [-0.39, 0.29) is 0 Å². The van der Waals surface area contributed by atoms with Crippen LogP contribution in [0.15, 0.2) is 0 Å². The molecule has 0 amide bonds. The Morgan fingerprint density at radius 1 is 1.58 bits per heavy atom. The first-order valence-electron chi connectivity index (χ1n) is 4.15. The van der Waals surface area contributed by atoms with Crippen molar-refractivity contribution in [3.63, 3.8) is 0 Å². The van der Waals surface area contributed by atoms with E-state index in [1.807, 2.05) is 6.92 Å². The Kier molecular flexibility index (Phi) is 1.61. The van der Waals surface area contributed by atoms with E-state index in [1.54, 1.807) is 0 Å². The van der Waals surface area contributed by atoms with Gasteiger partial charge in [0.15, 0.2) is 0 Å². The maximum Gasteiger partial charge on any atom is 0.202 e. The standard InChI is InChI=1S/C8H13N3S/c1-5-9-7(12-11-5)10-6-4-8(6,2)3/h6H,4H2,1-3H3,(H,9,10,11). The first-order valence-corrected chi connectivity index (χ1v) is 4.92. The van der Waals surface area contributed by atoms with Gasteiger partial charge in [-0.3, -0.25) is 0 Å². The molecule has 0 radical (unpaired) electrons. The predicted octanol–water partition coefficient (Wildman–Crippen LogP) is 2.06. The van der Waals surface area contributed by atoms with Gasteiger partial charge in [0.25, 0.3) is 0 Å². The fourth-order valence-corrected chi connectivity index (χ4v) is 1.85. The van der Waals surface area contributed by atoms with E-state index in [1.165, 1.54) is 18.0 Å². The molecule has 1 aromatic heterocycles. The largest absolute Gasteiger partial charge is 0.357 e. The lowest BCUT2D eigenvalue weighted by Gasteiger charge is -2.02. The zero-order valence-electron chi connectivity index (χ0n) is 7.59. The van der Waals surface area contributed by atoms with Crippen molar-refractivity contribution in [3.05, 3.63) is 5.82 Å². The van der Waals surface area contributed by atoms with E-state index in [9.17, 15) is 0 Å². The Morgan fingerprint density at radius 2 is 2.25 bits per heavy atom. The number of aromatic nitrogens is 2. The number of aryl methyl sites for hydroxylation is 1. The van der Waals surface area contributed by atoms with Crippen LogP contribution in [0, 0.1) is 12.3 Å². The quantitative estimate of drug-likeness (QED) is 0.762. The molecular formula is C8H13N3S. The Bertz CT molecular complexity index is 292. The molecule has 1 N–H and O–H groups in total. The van der Waals surface area contributed by atoms with Crippen molar-refractivity contribution in [2.45, 2.75) is 33.2 Å². The molecule has 0 spiro atoms. The van der Waals surface area contributed by atoms with Crippen LogP contribution in [0.2, 0.25) is 0 Å². The minimum Gasteiger partial charge on any atom is -0.357 e. The van der Waals surface area contributed by atoms with E-state index in [2.05, 4.69) is 28.5 Å². The molecular weight excluding hydrogens is 170 g/mol. The Hall–Kier alpha value is -0.640. The number of anilines is 1. The summed E-state index contributed by atoms with van der Waals surface area (Å²) in [6.07, 6.45) is 1.24. The summed E-state index contributed by atoms with van der Waals surface area (Å²) in [5.74, 6) is 0.862. The Balaban J connectivity index is 1.97. The summed E-state index contributed by atoms with van der Waals surface area (Å²) in [5.41, 5.74) is 0.458. The van der Waals surface area contributed by atoms with E-state index < -0.39 is 0 Å². The average molecular weight is 183 g/mol. The number of nitrogens with one attached hydrogen (secondary N) is 1. The third-order valence-corrected chi connectivity index (χ3v) is 3.08. The third kappa shape index (κ3) is 1.43. The summed E-state index contributed by atoms with van der Waals surface area (Å²) in [6, 6.07) is 0.602. The van der Waals surface area contributed by atoms with Gasteiger partial charge in [-0.2, -0.15) is 4.37 Å². The van der Waals surface area contributed by atoms with Crippen LogP contribution in [-0.4, -0.2) is 15.4 Å². The van der Waals surface area contributed by atoms with Crippen LogP contribution in [0.3, 0.4) is 0 Å². The van der Waals surface area contributed by atoms with Crippen molar-refractivity contribution in [2.75, 3.05) is 5.32 Å². The molecule has 0 aromatic carbocycles. The van der Waals surface area contributed by atoms with E-state index in [0.29, 0.717) is 11.5 Å². The van der Waals surface area contributed by atoms with Gasteiger partial charge in [0.1, 0.15) is 5.82 Å². The zero-order chi connectivity index (χ0) is 8.77. The third-order valence-electron chi connectivity index (χ3n) is 2.34. The molecule has 0 bridgehead atoms. The maximum absolute atomic E-state index is 4.25. The fourth-order valence-electron chi connectivity index (χ4n) is 1.22.